The van der Waals surface area contributed by atoms with Crippen molar-refractivity contribution in [3.63, 3.8) is 0 Å². The molecule has 3 rings (SSSR count). The largest absolute Gasteiger partial charge is 0.494 e. The van der Waals surface area contributed by atoms with E-state index in [-0.39, 0.29) is 24.9 Å². The number of amides is 2. The van der Waals surface area contributed by atoms with Gasteiger partial charge in [0.15, 0.2) is 0 Å². The number of carbonyl (C=O) groups is 2. The first-order valence-corrected chi connectivity index (χ1v) is 12.7. The number of rotatable bonds is 9. The van der Waals surface area contributed by atoms with Crippen LogP contribution in [0, 0.1) is 11.7 Å². The van der Waals surface area contributed by atoms with Crippen LogP contribution in [0.5, 0.6) is 5.75 Å². The molecule has 1 aliphatic rings. The lowest BCUT2D eigenvalue weighted by molar-refractivity contribution is -0.262. The number of hydrogen-bond acceptors (Lipinski definition) is 4. The molecule has 2 aromatic rings. The lowest BCUT2D eigenvalue weighted by atomic mass is 9.88. The van der Waals surface area contributed by atoms with Gasteiger partial charge in [0.05, 0.1) is 17.2 Å². The topological polar surface area (TPSA) is 70.1 Å². The SMILES string of the molecule is CN(C)C(=O)c1ccc(OCCCCC2CCN(C(=O)[C@@](O)(c3cccc(F)c3)C(F)(F)F)CC2)cc1Cl. The molecule has 1 atom stereocenters. The van der Waals surface area contributed by atoms with E-state index >= 15 is 0 Å². The van der Waals surface area contributed by atoms with Crippen molar-refractivity contribution in [2.24, 2.45) is 5.92 Å². The Morgan fingerprint density at radius 1 is 1.11 bits per heavy atom. The highest BCUT2D eigenvalue weighted by Gasteiger charge is 2.62. The maximum atomic E-state index is 13.8. The summed E-state index contributed by atoms with van der Waals surface area (Å²) >= 11 is 6.19. The molecule has 0 saturated carbocycles. The number of aliphatic hydroxyl groups is 1. The summed E-state index contributed by atoms with van der Waals surface area (Å²) in [6.07, 6.45) is -1.93. The molecule has 0 spiro atoms. The molecule has 1 heterocycles. The number of piperidine rings is 1. The van der Waals surface area contributed by atoms with E-state index in [2.05, 4.69) is 0 Å². The molecule has 11 heteroatoms. The summed E-state index contributed by atoms with van der Waals surface area (Å²) in [6, 6.07) is 8.29. The zero-order valence-electron chi connectivity index (χ0n) is 21.2. The van der Waals surface area contributed by atoms with Gasteiger partial charge in [-0.3, -0.25) is 9.59 Å². The fourth-order valence-corrected chi connectivity index (χ4v) is 4.75. The van der Waals surface area contributed by atoms with Gasteiger partial charge in [0, 0.05) is 32.7 Å². The van der Waals surface area contributed by atoms with Gasteiger partial charge in [-0.25, -0.2) is 4.39 Å². The third kappa shape index (κ3) is 6.77. The van der Waals surface area contributed by atoms with Crippen LogP contribution in [0.4, 0.5) is 17.6 Å². The number of unbranched alkanes of at least 4 members (excludes halogenated alkanes) is 1. The number of ether oxygens (including phenoxy) is 1. The second-order valence-electron chi connectivity index (χ2n) is 9.64. The number of alkyl halides is 3. The number of benzene rings is 2. The Bertz CT molecular complexity index is 1140. The molecular weight excluding hydrogens is 528 g/mol. The zero-order valence-corrected chi connectivity index (χ0v) is 22.0. The van der Waals surface area contributed by atoms with Gasteiger partial charge in [-0.15, -0.1) is 0 Å². The van der Waals surface area contributed by atoms with Crippen molar-refractivity contribution in [3.05, 3.63) is 64.4 Å². The molecule has 1 aliphatic heterocycles. The van der Waals surface area contributed by atoms with Crippen LogP contribution >= 0.6 is 11.6 Å². The molecule has 1 saturated heterocycles. The number of nitrogens with zero attached hydrogens (tertiary/aromatic N) is 2. The molecule has 2 amide bonds. The van der Waals surface area contributed by atoms with Crippen LogP contribution in [0.3, 0.4) is 0 Å². The van der Waals surface area contributed by atoms with Crippen LogP contribution < -0.4 is 4.74 Å². The first-order valence-electron chi connectivity index (χ1n) is 12.3. The quantitative estimate of drug-likeness (QED) is 0.330. The monoisotopic (exact) mass is 558 g/mol. The summed E-state index contributed by atoms with van der Waals surface area (Å²) in [4.78, 5) is 27.3. The molecular formula is C27H31ClF4N2O4. The van der Waals surface area contributed by atoms with Crippen LogP contribution in [0.15, 0.2) is 42.5 Å². The van der Waals surface area contributed by atoms with Gasteiger partial charge >= 0.3 is 6.18 Å². The summed E-state index contributed by atoms with van der Waals surface area (Å²) in [7, 11) is 3.28. The van der Waals surface area contributed by atoms with E-state index in [1.54, 1.807) is 32.3 Å². The Kier molecular flexibility index (Phi) is 9.64. The van der Waals surface area contributed by atoms with E-state index in [1.807, 2.05) is 0 Å². The van der Waals surface area contributed by atoms with Gasteiger partial charge in [-0.1, -0.05) is 30.2 Å². The highest BCUT2D eigenvalue weighted by atomic mass is 35.5. The summed E-state index contributed by atoms with van der Waals surface area (Å²) < 4.78 is 60.7. The van der Waals surface area contributed by atoms with Crippen molar-refractivity contribution in [1.82, 2.24) is 9.80 Å². The van der Waals surface area contributed by atoms with E-state index in [4.69, 9.17) is 16.3 Å². The van der Waals surface area contributed by atoms with Gasteiger partial charge in [0.1, 0.15) is 11.6 Å². The van der Waals surface area contributed by atoms with Crippen LogP contribution in [0.25, 0.3) is 0 Å². The average molecular weight is 559 g/mol. The molecule has 208 valence electrons. The van der Waals surface area contributed by atoms with Crippen molar-refractivity contribution >= 4 is 23.4 Å². The minimum atomic E-state index is -5.30. The van der Waals surface area contributed by atoms with Crippen LogP contribution in [-0.4, -0.2) is 66.7 Å². The second kappa shape index (κ2) is 12.3. The molecule has 0 unspecified atom stereocenters. The van der Waals surface area contributed by atoms with Gasteiger partial charge in [0.25, 0.3) is 17.4 Å². The summed E-state index contributed by atoms with van der Waals surface area (Å²) in [6.45, 7) is 0.579. The predicted octanol–water partition coefficient (Wildman–Crippen LogP) is 5.42. The highest BCUT2D eigenvalue weighted by molar-refractivity contribution is 6.34. The molecule has 0 radical (unpaired) electrons. The van der Waals surface area contributed by atoms with Crippen molar-refractivity contribution in [2.45, 2.75) is 43.9 Å². The number of likely N-dealkylation sites (tertiary alicyclic amines) is 1. The molecule has 38 heavy (non-hydrogen) atoms. The molecule has 2 aromatic carbocycles. The van der Waals surface area contributed by atoms with Gasteiger partial charge < -0.3 is 19.6 Å². The van der Waals surface area contributed by atoms with Crippen molar-refractivity contribution < 1.29 is 37.0 Å². The number of carbonyl (C=O) groups excluding carboxylic acids is 2. The maximum Gasteiger partial charge on any atom is 0.430 e. The maximum absolute atomic E-state index is 13.8. The second-order valence-corrected chi connectivity index (χ2v) is 10.0. The Hall–Kier alpha value is -2.85. The molecule has 6 nitrogen and oxygen atoms in total. The van der Waals surface area contributed by atoms with E-state index in [1.165, 1.54) is 4.90 Å². The first kappa shape index (κ1) is 29.7. The van der Waals surface area contributed by atoms with E-state index in [0.717, 1.165) is 42.4 Å². The molecule has 1 N–H and O–H groups in total. The average Bonchev–Trinajstić information content (AvgIpc) is 2.87. The Labute approximate surface area is 224 Å². The zero-order chi connectivity index (χ0) is 28.1. The Balaban J connectivity index is 1.46. The van der Waals surface area contributed by atoms with Crippen LogP contribution in [0.2, 0.25) is 5.02 Å². The minimum Gasteiger partial charge on any atom is -0.494 e. The summed E-state index contributed by atoms with van der Waals surface area (Å²) in [5.74, 6) is -1.89. The molecule has 0 bridgehead atoms. The van der Waals surface area contributed by atoms with E-state index in [9.17, 15) is 32.3 Å². The van der Waals surface area contributed by atoms with Gasteiger partial charge in [-0.2, -0.15) is 13.2 Å². The highest BCUT2D eigenvalue weighted by Crippen LogP contribution is 2.41. The Morgan fingerprint density at radius 3 is 2.37 bits per heavy atom. The molecule has 1 fully saturated rings. The van der Waals surface area contributed by atoms with Crippen molar-refractivity contribution in [3.8, 4) is 5.75 Å². The fourth-order valence-electron chi connectivity index (χ4n) is 4.50. The standard InChI is InChI=1S/C27H31ClF4N2O4/c1-33(2)24(35)22-10-9-21(17-23(22)28)38-15-4-3-6-18-11-13-34(14-12-18)25(36)26(37,27(30,31)32)19-7-5-8-20(29)16-19/h5,7-10,16-18,37H,3-4,6,11-15H2,1-2H3/t26-/m0/s1. The van der Waals surface area contributed by atoms with Crippen molar-refractivity contribution in [1.29, 1.82) is 0 Å². The Morgan fingerprint density at radius 2 is 1.79 bits per heavy atom. The number of hydrogen-bond donors (Lipinski definition) is 1. The minimum absolute atomic E-state index is 0.0736. The van der Waals surface area contributed by atoms with E-state index in [0.29, 0.717) is 41.9 Å². The van der Waals surface area contributed by atoms with Gasteiger partial charge in [0.2, 0.25) is 0 Å². The summed E-state index contributed by atoms with van der Waals surface area (Å²) in [5.41, 5.74) is -4.25. The van der Waals surface area contributed by atoms with Crippen molar-refractivity contribution in [2.75, 3.05) is 33.8 Å². The lowest BCUT2D eigenvalue weighted by Crippen LogP contribution is -2.57. The first-order chi connectivity index (χ1) is 17.8. The normalized spacial score (nSPS) is 16.2. The fraction of sp³-hybridized carbons (Fsp3) is 0.481. The third-order valence-electron chi connectivity index (χ3n) is 6.72. The van der Waals surface area contributed by atoms with E-state index < -0.39 is 29.1 Å². The summed E-state index contributed by atoms with van der Waals surface area (Å²) in [5, 5.41) is 10.8. The molecule has 0 aliphatic carbocycles. The smallest absolute Gasteiger partial charge is 0.430 e. The van der Waals surface area contributed by atoms with Gasteiger partial charge in [-0.05, 0) is 61.9 Å². The number of halogens is 5. The predicted molar refractivity (Wildman–Crippen MR) is 134 cm³/mol. The van der Waals surface area contributed by atoms with Crippen LogP contribution in [-0.2, 0) is 10.4 Å². The molecule has 0 aromatic heterocycles. The lowest BCUT2D eigenvalue weighted by Gasteiger charge is -2.38. The van der Waals surface area contributed by atoms with Crippen LogP contribution in [0.1, 0.15) is 48.0 Å². The third-order valence-corrected chi connectivity index (χ3v) is 7.03.